The first-order chi connectivity index (χ1) is 6.22. The van der Waals surface area contributed by atoms with E-state index in [-0.39, 0.29) is 18.1 Å². The third kappa shape index (κ3) is 4.57. The molecule has 1 aliphatic heterocycles. The van der Waals surface area contributed by atoms with E-state index in [1.807, 2.05) is 0 Å². The van der Waals surface area contributed by atoms with Crippen LogP contribution in [0.4, 0.5) is 4.79 Å². The molecule has 0 aromatic heterocycles. The van der Waals surface area contributed by atoms with Crippen LogP contribution in [0.5, 0.6) is 0 Å². The van der Waals surface area contributed by atoms with Crippen LogP contribution in [0.2, 0.25) is 0 Å². The molecule has 2 unspecified atom stereocenters. The molecule has 13 heavy (non-hydrogen) atoms. The first-order valence-electron chi connectivity index (χ1n) is 3.70. The summed E-state index contributed by atoms with van der Waals surface area (Å²) in [5, 5.41) is 2.43. The van der Waals surface area contributed by atoms with Crippen LogP contribution in [0, 0.1) is 0 Å². The molecule has 0 spiro atoms. The molecule has 0 saturated carbocycles. The van der Waals surface area contributed by atoms with Gasteiger partial charge in [0.25, 0.3) is 0 Å². The second kappa shape index (κ2) is 4.91. The van der Waals surface area contributed by atoms with Gasteiger partial charge in [-0.2, -0.15) is 0 Å². The lowest BCUT2D eigenvalue weighted by Gasteiger charge is -2.06. The first-order valence-corrected chi connectivity index (χ1v) is 4.13. The molecule has 72 valence electrons. The summed E-state index contributed by atoms with van der Waals surface area (Å²) >= 11 is 5.77. The van der Waals surface area contributed by atoms with Gasteiger partial charge in [-0.15, -0.1) is 11.6 Å². The summed E-state index contributed by atoms with van der Waals surface area (Å²) in [6.07, 6.45) is -0.115. The van der Waals surface area contributed by atoms with E-state index in [9.17, 15) is 4.79 Å². The van der Waals surface area contributed by atoms with Crippen molar-refractivity contribution in [1.82, 2.24) is 0 Å². The van der Waals surface area contributed by atoms with Gasteiger partial charge in [-0.05, 0) is 12.0 Å². The lowest BCUT2D eigenvalue weighted by atomic mass is 10.2. The SMILES string of the molecule is [N-]=[N+]=NC(=O)OCC(Cl)CC1CO1. The number of hydrogen-bond donors (Lipinski definition) is 0. The maximum Gasteiger partial charge on any atom is 0.396 e. The maximum absolute atomic E-state index is 10.5. The highest BCUT2D eigenvalue weighted by Gasteiger charge is 2.26. The van der Waals surface area contributed by atoms with E-state index in [2.05, 4.69) is 14.8 Å². The Morgan fingerprint density at radius 1 is 1.92 bits per heavy atom. The van der Waals surface area contributed by atoms with Crippen molar-refractivity contribution in [2.24, 2.45) is 5.11 Å². The van der Waals surface area contributed by atoms with Crippen molar-refractivity contribution in [3.05, 3.63) is 10.4 Å². The maximum atomic E-state index is 10.5. The number of nitrogens with zero attached hydrogens (tertiary/aromatic N) is 3. The third-order valence-electron chi connectivity index (χ3n) is 1.44. The second-order valence-electron chi connectivity index (χ2n) is 2.55. The Morgan fingerprint density at radius 3 is 3.15 bits per heavy atom. The monoisotopic (exact) mass is 205 g/mol. The lowest BCUT2D eigenvalue weighted by molar-refractivity contribution is 0.154. The molecule has 1 heterocycles. The Hall–Kier alpha value is -0.970. The Bertz CT molecular complexity index is 237. The van der Waals surface area contributed by atoms with E-state index in [0.717, 1.165) is 0 Å². The number of carbonyl (C=O) groups is 1. The normalized spacial score (nSPS) is 21.5. The van der Waals surface area contributed by atoms with Gasteiger partial charge in [-0.25, -0.2) is 4.79 Å². The number of azide groups is 1. The standard InChI is InChI=1S/C6H8ClN3O3/c7-4(1-5-3-12-5)2-13-6(11)9-10-8/h4-5H,1-3H2. The van der Waals surface area contributed by atoms with E-state index in [1.165, 1.54) is 0 Å². The number of ether oxygens (including phenoxy) is 2. The molecule has 0 aromatic rings. The highest BCUT2D eigenvalue weighted by atomic mass is 35.5. The van der Waals surface area contributed by atoms with Crippen LogP contribution in [0.25, 0.3) is 10.4 Å². The summed E-state index contributed by atoms with van der Waals surface area (Å²) in [6.45, 7) is 0.757. The fourth-order valence-corrected chi connectivity index (χ4v) is 1.05. The van der Waals surface area contributed by atoms with Gasteiger partial charge in [0, 0.05) is 10.0 Å². The fourth-order valence-electron chi connectivity index (χ4n) is 0.785. The Kier molecular flexibility index (Phi) is 3.82. The minimum absolute atomic E-state index is 0.0409. The average Bonchev–Trinajstić information content (AvgIpc) is 2.85. The molecule has 1 aliphatic rings. The number of hydrogen-bond acceptors (Lipinski definition) is 3. The van der Waals surface area contributed by atoms with Crippen molar-refractivity contribution >= 4 is 17.7 Å². The molecule has 0 radical (unpaired) electrons. The molecule has 2 atom stereocenters. The van der Waals surface area contributed by atoms with Gasteiger partial charge in [-0.3, -0.25) is 0 Å². The second-order valence-corrected chi connectivity index (χ2v) is 3.17. The van der Waals surface area contributed by atoms with E-state index in [0.29, 0.717) is 13.0 Å². The van der Waals surface area contributed by atoms with E-state index in [1.54, 1.807) is 0 Å². The minimum atomic E-state index is -0.954. The van der Waals surface area contributed by atoms with Gasteiger partial charge in [0.2, 0.25) is 0 Å². The molecule has 1 saturated heterocycles. The van der Waals surface area contributed by atoms with Crippen molar-refractivity contribution < 1.29 is 14.3 Å². The minimum Gasteiger partial charge on any atom is -0.459 e. The molecule has 1 fully saturated rings. The molecule has 1 rings (SSSR count). The van der Waals surface area contributed by atoms with Gasteiger partial charge in [-0.1, -0.05) is 0 Å². The zero-order valence-corrected chi connectivity index (χ0v) is 7.48. The summed E-state index contributed by atoms with van der Waals surface area (Å²) in [5.74, 6) is 0. The number of epoxide rings is 1. The molecular weight excluding hydrogens is 198 g/mol. The molecule has 0 bridgehead atoms. The zero-order chi connectivity index (χ0) is 9.68. The van der Waals surface area contributed by atoms with Crippen LogP contribution < -0.4 is 0 Å². The van der Waals surface area contributed by atoms with Crippen LogP contribution in [-0.2, 0) is 9.47 Å². The summed E-state index contributed by atoms with van der Waals surface area (Å²) in [5.41, 5.74) is 7.86. The van der Waals surface area contributed by atoms with E-state index >= 15 is 0 Å². The average molecular weight is 206 g/mol. The number of alkyl halides is 1. The quantitative estimate of drug-likeness (QED) is 0.231. The van der Waals surface area contributed by atoms with Crippen LogP contribution in [0.3, 0.4) is 0 Å². The third-order valence-corrected chi connectivity index (χ3v) is 1.74. The molecule has 6 nitrogen and oxygen atoms in total. The van der Waals surface area contributed by atoms with Crippen molar-refractivity contribution in [2.75, 3.05) is 13.2 Å². The zero-order valence-electron chi connectivity index (χ0n) is 6.72. The fraction of sp³-hybridized carbons (Fsp3) is 0.833. The van der Waals surface area contributed by atoms with Crippen molar-refractivity contribution in [3.8, 4) is 0 Å². The van der Waals surface area contributed by atoms with Gasteiger partial charge in [0.05, 0.1) is 18.1 Å². The highest BCUT2D eigenvalue weighted by molar-refractivity contribution is 6.20. The number of carbonyl (C=O) groups excluding carboxylic acids is 1. The van der Waals surface area contributed by atoms with Crippen LogP contribution in [-0.4, -0.2) is 30.8 Å². The highest BCUT2D eigenvalue weighted by Crippen LogP contribution is 2.18. The smallest absolute Gasteiger partial charge is 0.396 e. The Morgan fingerprint density at radius 2 is 2.62 bits per heavy atom. The van der Waals surface area contributed by atoms with E-state index in [4.69, 9.17) is 21.9 Å². The molecule has 1 amide bonds. The summed E-state index contributed by atoms with van der Waals surface area (Å²) in [7, 11) is 0. The van der Waals surface area contributed by atoms with Crippen LogP contribution >= 0.6 is 11.6 Å². The molecule has 0 N–H and O–H groups in total. The van der Waals surface area contributed by atoms with Crippen molar-refractivity contribution in [1.29, 1.82) is 0 Å². The van der Waals surface area contributed by atoms with Crippen LogP contribution in [0.15, 0.2) is 5.11 Å². The topological polar surface area (TPSA) is 87.6 Å². The van der Waals surface area contributed by atoms with Gasteiger partial charge >= 0.3 is 6.09 Å². The van der Waals surface area contributed by atoms with Gasteiger partial charge in [0.15, 0.2) is 0 Å². The summed E-state index contributed by atoms with van der Waals surface area (Å²) in [4.78, 5) is 12.8. The van der Waals surface area contributed by atoms with Crippen molar-refractivity contribution in [3.63, 3.8) is 0 Å². The Labute approximate surface area is 79.4 Å². The summed E-state index contributed by atoms with van der Waals surface area (Å²) in [6, 6.07) is 0. The molecule has 0 aromatic carbocycles. The molecular formula is C6H8ClN3O3. The van der Waals surface area contributed by atoms with Crippen molar-refractivity contribution in [2.45, 2.75) is 17.9 Å². The van der Waals surface area contributed by atoms with Crippen LogP contribution in [0.1, 0.15) is 6.42 Å². The summed E-state index contributed by atoms with van der Waals surface area (Å²) < 4.78 is 9.45. The number of halogens is 1. The van der Waals surface area contributed by atoms with E-state index < -0.39 is 6.09 Å². The van der Waals surface area contributed by atoms with Gasteiger partial charge < -0.3 is 9.47 Å². The first kappa shape index (κ1) is 10.1. The molecule has 7 heteroatoms. The molecule has 0 aliphatic carbocycles. The number of rotatable bonds is 4. The largest absolute Gasteiger partial charge is 0.459 e. The predicted molar refractivity (Wildman–Crippen MR) is 44.5 cm³/mol. The Balaban J connectivity index is 2.09. The lowest BCUT2D eigenvalue weighted by Crippen LogP contribution is -2.13. The van der Waals surface area contributed by atoms with Gasteiger partial charge in [0.1, 0.15) is 6.61 Å². The number of amides is 1. The predicted octanol–water partition coefficient (Wildman–Crippen LogP) is 1.83.